The molecule has 98 valence electrons. The Morgan fingerprint density at radius 3 is 2.41 bits per heavy atom. The lowest BCUT2D eigenvalue weighted by Crippen LogP contribution is -2.34. The largest absolute Gasteiger partial charge is 0.377 e. The molecule has 0 aromatic heterocycles. The molecule has 0 amide bonds. The van der Waals surface area contributed by atoms with Gasteiger partial charge >= 0.3 is 0 Å². The first-order valence-corrected chi connectivity index (χ1v) is 7.18. The predicted octanol–water partition coefficient (Wildman–Crippen LogP) is 2.25. The Kier molecular flexibility index (Phi) is 5.46. The van der Waals surface area contributed by atoms with E-state index in [-0.39, 0.29) is 0 Å². The van der Waals surface area contributed by atoms with Crippen LogP contribution in [0.15, 0.2) is 0 Å². The molecule has 0 N–H and O–H groups in total. The van der Waals surface area contributed by atoms with Crippen LogP contribution in [0.25, 0.3) is 0 Å². The molecule has 0 unspecified atom stereocenters. The molecule has 1 aliphatic carbocycles. The van der Waals surface area contributed by atoms with Gasteiger partial charge in [0.25, 0.3) is 0 Å². The van der Waals surface area contributed by atoms with E-state index < -0.39 is 0 Å². The fraction of sp³-hybridized carbons (Fsp3) is 0.929. The number of aldehydes is 1. The van der Waals surface area contributed by atoms with Crippen LogP contribution in [0, 0.1) is 5.92 Å². The van der Waals surface area contributed by atoms with Crippen molar-refractivity contribution in [1.29, 1.82) is 0 Å². The Labute approximate surface area is 105 Å². The van der Waals surface area contributed by atoms with Gasteiger partial charge in [0.1, 0.15) is 6.29 Å². The van der Waals surface area contributed by atoms with Crippen LogP contribution in [0.4, 0.5) is 0 Å². The SMILES string of the molecule is O=CC1CCC(OCCN2CCCCC2)CC1. The summed E-state index contributed by atoms with van der Waals surface area (Å²) in [6, 6.07) is 0. The predicted molar refractivity (Wildman–Crippen MR) is 68.1 cm³/mol. The van der Waals surface area contributed by atoms with Gasteiger partial charge in [-0.25, -0.2) is 0 Å². The van der Waals surface area contributed by atoms with Crippen molar-refractivity contribution in [3.8, 4) is 0 Å². The number of nitrogens with zero attached hydrogens (tertiary/aromatic N) is 1. The Morgan fingerprint density at radius 2 is 1.76 bits per heavy atom. The van der Waals surface area contributed by atoms with Crippen LogP contribution in [-0.4, -0.2) is 43.5 Å². The highest BCUT2D eigenvalue weighted by Gasteiger charge is 2.21. The number of hydrogen-bond donors (Lipinski definition) is 0. The molecule has 2 aliphatic rings. The van der Waals surface area contributed by atoms with Crippen LogP contribution in [-0.2, 0) is 9.53 Å². The maximum atomic E-state index is 10.6. The lowest BCUT2D eigenvalue weighted by molar-refractivity contribution is -0.112. The summed E-state index contributed by atoms with van der Waals surface area (Å²) in [6.45, 7) is 4.46. The van der Waals surface area contributed by atoms with Gasteiger partial charge in [0, 0.05) is 12.5 Å². The maximum absolute atomic E-state index is 10.6. The Balaban J connectivity index is 1.54. The molecule has 3 heteroatoms. The third kappa shape index (κ3) is 4.40. The number of rotatable bonds is 5. The van der Waals surface area contributed by atoms with Gasteiger partial charge in [-0.3, -0.25) is 0 Å². The van der Waals surface area contributed by atoms with E-state index in [9.17, 15) is 4.79 Å². The molecule has 0 bridgehead atoms. The number of likely N-dealkylation sites (tertiary alicyclic amines) is 1. The zero-order chi connectivity index (χ0) is 11.9. The molecule has 0 atom stereocenters. The van der Waals surface area contributed by atoms with E-state index in [1.54, 1.807) is 0 Å². The summed E-state index contributed by atoms with van der Waals surface area (Å²) in [7, 11) is 0. The fourth-order valence-corrected chi connectivity index (χ4v) is 2.92. The summed E-state index contributed by atoms with van der Waals surface area (Å²) in [5, 5.41) is 0. The molecule has 3 nitrogen and oxygen atoms in total. The van der Waals surface area contributed by atoms with Crippen molar-refractivity contribution in [2.24, 2.45) is 5.92 Å². The Morgan fingerprint density at radius 1 is 1.06 bits per heavy atom. The molecule has 0 spiro atoms. The van der Waals surface area contributed by atoms with Crippen LogP contribution in [0.3, 0.4) is 0 Å². The molecule has 17 heavy (non-hydrogen) atoms. The second kappa shape index (κ2) is 7.12. The average molecular weight is 239 g/mol. The molecule has 1 aliphatic heterocycles. The number of ether oxygens (including phenoxy) is 1. The summed E-state index contributed by atoms with van der Waals surface area (Å²) in [6.07, 6.45) is 9.82. The molecule has 0 aromatic carbocycles. The van der Waals surface area contributed by atoms with Crippen LogP contribution in [0.5, 0.6) is 0 Å². The highest BCUT2D eigenvalue weighted by atomic mass is 16.5. The van der Waals surface area contributed by atoms with Gasteiger partial charge in [0.15, 0.2) is 0 Å². The standard InChI is InChI=1S/C14H25NO2/c16-12-13-4-6-14(7-5-13)17-11-10-15-8-2-1-3-9-15/h12-14H,1-11H2. The van der Waals surface area contributed by atoms with E-state index in [0.29, 0.717) is 12.0 Å². The highest BCUT2D eigenvalue weighted by Crippen LogP contribution is 2.24. The van der Waals surface area contributed by atoms with E-state index in [1.165, 1.54) is 32.4 Å². The van der Waals surface area contributed by atoms with Crippen molar-refractivity contribution in [2.75, 3.05) is 26.2 Å². The third-order valence-electron chi connectivity index (χ3n) is 4.12. The van der Waals surface area contributed by atoms with Crippen molar-refractivity contribution in [3.05, 3.63) is 0 Å². The van der Waals surface area contributed by atoms with Crippen LogP contribution >= 0.6 is 0 Å². The number of carbonyl (C=O) groups is 1. The monoisotopic (exact) mass is 239 g/mol. The van der Waals surface area contributed by atoms with Crippen molar-refractivity contribution in [3.63, 3.8) is 0 Å². The summed E-state index contributed by atoms with van der Waals surface area (Å²) in [5.74, 6) is 0.303. The first kappa shape index (κ1) is 13.0. The molecule has 1 saturated carbocycles. The lowest BCUT2D eigenvalue weighted by atomic mass is 9.88. The van der Waals surface area contributed by atoms with Crippen molar-refractivity contribution in [1.82, 2.24) is 4.90 Å². The Bertz CT molecular complexity index is 218. The van der Waals surface area contributed by atoms with E-state index in [4.69, 9.17) is 4.74 Å². The van der Waals surface area contributed by atoms with Gasteiger partial charge in [0.05, 0.1) is 12.7 Å². The van der Waals surface area contributed by atoms with Crippen molar-refractivity contribution in [2.45, 2.75) is 51.0 Å². The molecular formula is C14H25NO2. The first-order chi connectivity index (χ1) is 8.38. The van der Waals surface area contributed by atoms with Crippen molar-refractivity contribution < 1.29 is 9.53 Å². The lowest BCUT2D eigenvalue weighted by Gasteiger charge is -2.29. The van der Waals surface area contributed by atoms with Crippen LogP contribution < -0.4 is 0 Å². The second-order valence-electron chi connectivity index (χ2n) is 5.45. The molecular weight excluding hydrogens is 214 g/mol. The maximum Gasteiger partial charge on any atom is 0.123 e. The molecule has 2 rings (SSSR count). The molecule has 0 aromatic rings. The minimum Gasteiger partial charge on any atom is -0.377 e. The third-order valence-corrected chi connectivity index (χ3v) is 4.12. The van der Waals surface area contributed by atoms with Gasteiger partial charge in [-0.05, 0) is 51.6 Å². The van der Waals surface area contributed by atoms with Crippen LogP contribution in [0.2, 0.25) is 0 Å². The average Bonchev–Trinajstić information content (AvgIpc) is 2.41. The highest BCUT2D eigenvalue weighted by molar-refractivity contribution is 5.53. The van der Waals surface area contributed by atoms with Gasteiger partial charge in [-0.2, -0.15) is 0 Å². The minimum atomic E-state index is 0.303. The smallest absolute Gasteiger partial charge is 0.123 e. The van der Waals surface area contributed by atoms with E-state index >= 15 is 0 Å². The number of piperidine rings is 1. The molecule has 1 saturated heterocycles. The number of hydrogen-bond acceptors (Lipinski definition) is 3. The quantitative estimate of drug-likeness (QED) is 0.689. The van der Waals surface area contributed by atoms with Gasteiger partial charge < -0.3 is 14.4 Å². The zero-order valence-corrected chi connectivity index (χ0v) is 10.8. The van der Waals surface area contributed by atoms with Gasteiger partial charge in [0.2, 0.25) is 0 Å². The summed E-state index contributed by atoms with van der Waals surface area (Å²) in [4.78, 5) is 13.2. The first-order valence-electron chi connectivity index (χ1n) is 7.18. The summed E-state index contributed by atoms with van der Waals surface area (Å²) >= 11 is 0. The second-order valence-corrected chi connectivity index (χ2v) is 5.45. The molecule has 0 radical (unpaired) electrons. The van der Waals surface area contributed by atoms with E-state index in [2.05, 4.69) is 4.90 Å². The summed E-state index contributed by atoms with van der Waals surface area (Å²) in [5.41, 5.74) is 0. The minimum absolute atomic E-state index is 0.303. The summed E-state index contributed by atoms with van der Waals surface area (Å²) < 4.78 is 5.92. The van der Waals surface area contributed by atoms with Gasteiger partial charge in [-0.15, -0.1) is 0 Å². The topological polar surface area (TPSA) is 29.5 Å². The molecule has 2 fully saturated rings. The Hall–Kier alpha value is -0.410. The number of carbonyl (C=O) groups excluding carboxylic acids is 1. The van der Waals surface area contributed by atoms with E-state index in [1.807, 2.05) is 0 Å². The van der Waals surface area contributed by atoms with E-state index in [0.717, 1.165) is 45.1 Å². The van der Waals surface area contributed by atoms with Crippen molar-refractivity contribution >= 4 is 6.29 Å². The van der Waals surface area contributed by atoms with Gasteiger partial charge in [-0.1, -0.05) is 6.42 Å². The van der Waals surface area contributed by atoms with Crippen LogP contribution in [0.1, 0.15) is 44.9 Å². The molecule has 1 heterocycles. The normalized spacial score (nSPS) is 31.3. The fourth-order valence-electron chi connectivity index (χ4n) is 2.92. The zero-order valence-electron chi connectivity index (χ0n) is 10.8.